The number of carbonyl (C=O) groups excluding carboxylic acids is 2. The molecule has 1 aromatic carbocycles. The van der Waals surface area contributed by atoms with Gasteiger partial charge in [0.25, 0.3) is 5.91 Å². The van der Waals surface area contributed by atoms with Crippen LogP contribution in [0.25, 0.3) is 0 Å². The Morgan fingerprint density at radius 2 is 1.76 bits per heavy atom. The minimum atomic E-state index is -0.570. The molecule has 0 spiro atoms. The maximum absolute atomic E-state index is 12.9. The average Bonchev–Trinajstić information content (AvgIpc) is 2.74. The van der Waals surface area contributed by atoms with Crippen LogP contribution in [0.3, 0.4) is 0 Å². The second-order valence-electron chi connectivity index (χ2n) is 7.79. The van der Waals surface area contributed by atoms with E-state index in [1.54, 1.807) is 13.2 Å². The number of hydrogen-bond donors (Lipinski definition) is 0. The van der Waals surface area contributed by atoms with Crippen molar-refractivity contribution < 1.29 is 14.3 Å². The van der Waals surface area contributed by atoms with Gasteiger partial charge >= 0.3 is 5.97 Å². The molecule has 0 aliphatic carbocycles. The molecule has 0 N–H and O–H groups in total. The molecule has 0 saturated heterocycles. The van der Waals surface area contributed by atoms with Gasteiger partial charge in [-0.25, -0.2) is 4.79 Å². The number of likely N-dealkylation sites (N-methyl/N-ethyl adjacent to an activating group) is 1. The fourth-order valence-electron chi connectivity index (χ4n) is 3.15. The summed E-state index contributed by atoms with van der Waals surface area (Å²) in [4.78, 5) is 31.1. The Morgan fingerprint density at radius 1 is 1.07 bits per heavy atom. The molecule has 0 bridgehead atoms. The van der Waals surface area contributed by atoms with Gasteiger partial charge in [0, 0.05) is 25.0 Å². The van der Waals surface area contributed by atoms with E-state index in [0.717, 1.165) is 24.8 Å². The molecule has 0 unspecified atom stereocenters. The summed E-state index contributed by atoms with van der Waals surface area (Å²) < 4.78 is 5.32. The molecule has 1 atom stereocenters. The number of ether oxygens (including phenoxy) is 1. The van der Waals surface area contributed by atoms with Crippen LogP contribution in [-0.2, 0) is 22.4 Å². The second-order valence-corrected chi connectivity index (χ2v) is 7.79. The number of amides is 1. The van der Waals surface area contributed by atoms with Gasteiger partial charge in [-0.05, 0) is 60.9 Å². The molecular formula is C24H32N2O3. The normalized spacial score (nSPS) is 11.9. The first-order valence-corrected chi connectivity index (χ1v) is 10.3. The minimum Gasteiger partial charge on any atom is -0.464 e. The monoisotopic (exact) mass is 396 g/mol. The van der Waals surface area contributed by atoms with Crippen molar-refractivity contribution in [3.05, 3.63) is 65.5 Å². The zero-order valence-corrected chi connectivity index (χ0v) is 17.9. The molecule has 5 heteroatoms. The first-order chi connectivity index (χ1) is 13.9. The number of pyridine rings is 1. The number of carbonyl (C=O) groups is 2. The van der Waals surface area contributed by atoms with E-state index in [0.29, 0.717) is 18.6 Å². The Hall–Kier alpha value is -2.69. The molecule has 2 rings (SSSR count). The Kier molecular flexibility index (Phi) is 8.84. The highest BCUT2D eigenvalue weighted by Crippen LogP contribution is 2.16. The molecule has 1 heterocycles. The van der Waals surface area contributed by atoms with Crippen molar-refractivity contribution >= 4 is 11.9 Å². The predicted molar refractivity (Wildman–Crippen MR) is 115 cm³/mol. The van der Waals surface area contributed by atoms with Crippen LogP contribution in [0.2, 0.25) is 0 Å². The molecular weight excluding hydrogens is 364 g/mol. The standard InChI is InChI=1S/C24H32N2O3/c1-5-15-29-24(28)22(16-18(2)3)26(4)23(27)21-12-10-19(11-13-21)8-9-20-7-6-14-25-17-20/h6-7,10-14,17-18,22H,5,8-9,15-16H2,1-4H3/t22-/m0/s1. The van der Waals surface area contributed by atoms with Gasteiger partial charge in [-0.3, -0.25) is 9.78 Å². The molecule has 1 aromatic heterocycles. The third-order valence-electron chi connectivity index (χ3n) is 4.83. The number of hydrogen-bond acceptors (Lipinski definition) is 4. The summed E-state index contributed by atoms with van der Waals surface area (Å²) in [6, 6.07) is 11.1. The summed E-state index contributed by atoms with van der Waals surface area (Å²) in [6.45, 7) is 6.40. The smallest absolute Gasteiger partial charge is 0.328 e. The van der Waals surface area contributed by atoms with Crippen LogP contribution in [0, 0.1) is 5.92 Å². The van der Waals surface area contributed by atoms with Crippen molar-refractivity contribution in [1.29, 1.82) is 0 Å². The molecule has 0 aliphatic rings. The molecule has 0 saturated carbocycles. The van der Waals surface area contributed by atoms with Gasteiger partial charge in [0.15, 0.2) is 0 Å². The number of nitrogens with zero attached hydrogens (tertiary/aromatic N) is 2. The van der Waals surface area contributed by atoms with Gasteiger partial charge in [0.05, 0.1) is 6.61 Å². The third-order valence-corrected chi connectivity index (χ3v) is 4.83. The van der Waals surface area contributed by atoms with Crippen molar-refractivity contribution in [2.24, 2.45) is 5.92 Å². The maximum atomic E-state index is 12.9. The maximum Gasteiger partial charge on any atom is 0.328 e. The molecule has 1 amide bonds. The Balaban J connectivity index is 2.03. The minimum absolute atomic E-state index is 0.164. The van der Waals surface area contributed by atoms with Crippen LogP contribution >= 0.6 is 0 Å². The van der Waals surface area contributed by atoms with Crippen LogP contribution < -0.4 is 0 Å². The Labute approximate surface area is 174 Å². The highest BCUT2D eigenvalue weighted by atomic mass is 16.5. The van der Waals surface area contributed by atoms with E-state index >= 15 is 0 Å². The lowest BCUT2D eigenvalue weighted by Gasteiger charge is -2.28. The number of aromatic nitrogens is 1. The van der Waals surface area contributed by atoms with E-state index in [4.69, 9.17) is 4.74 Å². The first-order valence-electron chi connectivity index (χ1n) is 10.3. The Morgan fingerprint density at radius 3 is 2.34 bits per heavy atom. The van der Waals surface area contributed by atoms with Crippen molar-refractivity contribution in [3.8, 4) is 0 Å². The Bertz CT molecular complexity index is 772. The van der Waals surface area contributed by atoms with E-state index in [1.165, 1.54) is 10.5 Å². The zero-order chi connectivity index (χ0) is 21.2. The number of aryl methyl sites for hydroxylation is 2. The van der Waals surface area contributed by atoms with Crippen molar-refractivity contribution in [2.75, 3.05) is 13.7 Å². The van der Waals surface area contributed by atoms with E-state index < -0.39 is 6.04 Å². The van der Waals surface area contributed by atoms with Crippen LogP contribution in [-0.4, -0.2) is 41.5 Å². The van der Waals surface area contributed by atoms with E-state index in [1.807, 2.05) is 57.3 Å². The van der Waals surface area contributed by atoms with E-state index in [9.17, 15) is 9.59 Å². The summed E-state index contributed by atoms with van der Waals surface area (Å²) in [7, 11) is 1.68. The zero-order valence-electron chi connectivity index (χ0n) is 17.9. The van der Waals surface area contributed by atoms with E-state index in [-0.39, 0.29) is 17.8 Å². The van der Waals surface area contributed by atoms with E-state index in [2.05, 4.69) is 11.1 Å². The quantitative estimate of drug-likeness (QED) is 0.562. The molecule has 0 aliphatic heterocycles. The van der Waals surface area contributed by atoms with Crippen LogP contribution in [0.1, 0.15) is 55.1 Å². The molecule has 156 valence electrons. The first kappa shape index (κ1) is 22.6. The van der Waals surface area contributed by atoms with Gasteiger partial charge in [0.1, 0.15) is 6.04 Å². The summed E-state index contributed by atoms with van der Waals surface area (Å²) in [6.07, 6.45) is 6.77. The SMILES string of the molecule is CCCOC(=O)[C@H](CC(C)C)N(C)C(=O)c1ccc(CCc2cccnc2)cc1. The summed E-state index contributed by atoms with van der Waals surface area (Å²) in [5.41, 5.74) is 2.93. The van der Waals surface area contributed by atoms with Gasteiger partial charge in [-0.2, -0.15) is 0 Å². The molecule has 0 fully saturated rings. The van der Waals surface area contributed by atoms with Gasteiger partial charge in [0.2, 0.25) is 0 Å². The predicted octanol–water partition coefficient (Wildman–Crippen LogP) is 4.31. The fraction of sp³-hybridized carbons (Fsp3) is 0.458. The van der Waals surface area contributed by atoms with Crippen molar-refractivity contribution in [1.82, 2.24) is 9.88 Å². The second kappa shape index (κ2) is 11.3. The van der Waals surface area contributed by atoms with Crippen LogP contribution in [0.15, 0.2) is 48.8 Å². The van der Waals surface area contributed by atoms with Gasteiger partial charge in [-0.15, -0.1) is 0 Å². The summed E-state index contributed by atoms with van der Waals surface area (Å²) >= 11 is 0. The lowest BCUT2D eigenvalue weighted by Crippen LogP contribution is -2.44. The molecule has 2 aromatic rings. The lowest BCUT2D eigenvalue weighted by molar-refractivity contribution is -0.149. The van der Waals surface area contributed by atoms with Crippen molar-refractivity contribution in [3.63, 3.8) is 0 Å². The van der Waals surface area contributed by atoms with Crippen LogP contribution in [0.4, 0.5) is 0 Å². The highest BCUT2D eigenvalue weighted by molar-refractivity contribution is 5.96. The molecule has 0 radical (unpaired) electrons. The topological polar surface area (TPSA) is 59.5 Å². The molecule has 29 heavy (non-hydrogen) atoms. The summed E-state index contributed by atoms with van der Waals surface area (Å²) in [5.74, 6) is -0.216. The lowest BCUT2D eigenvalue weighted by atomic mass is 10.0. The van der Waals surface area contributed by atoms with Gasteiger partial charge < -0.3 is 9.64 Å². The number of benzene rings is 1. The number of esters is 1. The van der Waals surface area contributed by atoms with Crippen LogP contribution in [0.5, 0.6) is 0 Å². The van der Waals surface area contributed by atoms with Gasteiger partial charge in [-0.1, -0.05) is 39.0 Å². The third kappa shape index (κ3) is 7.00. The highest BCUT2D eigenvalue weighted by Gasteiger charge is 2.29. The fourth-order valence-corrected chi connectivity index (χ4v) is 3.15. The largest absolute Gasteiger partial charge is 0.464 e. The van der Waals surface area contributed by atoms with Crippen molar-refractivity contribution in [2.45, 2.75) is 52.5 Å². The molecule has 5 nitrogen and oxygen atoms in total. The summed E-state index contributed by atoms with van der Waals surface area (Å²) in [5, 5.41) is 0. The average molecular weight is 397 g/mol. The number of rotatable bonds is 10.